The van der Waals surface area contributed by atoms with Gasteiger partial charge in [-0.2, -0.15) is 0 Å². The Hall–Kier alpha value is -0.0400. The molecule has 1 heteroatoms. The van der Waals surface area contributed by atoms with Gasteiger partial charge in [0.25, 0.3) is 0 Å². The van der Waals surface area contributed by atoms with Gasteiger partial charge in [-0.15, -0.1) is 0 Å². The normalized spacial score (nSPS) is 60.6. The van der Waals surface area contributed by atoms with Crippen LogP contribution in [0.2, 0.25) is 0 Å². The molecule has 4 bridgehead atoms. The van der Waals surface area contributed by atoms with Crippen molar-refractivity contribution >= 4 is 0 Å². The molecule has 4 rings (SSSR count). The van der Waals surface area contributed by atoms with Gasteiger partial charge in [-0.3, -0.25) is 0 Å². The Bertz CT molecular complexity index is 418. The third-order valence-electron chi connectivity index (χ3n) is 9.26. The second kappa shape index (κ2) is 4.03. The summed E-state index contributed by atoms with van der Waals surface area (Å²) in [7, 11) is 0. The highest BCUT2D eigenvalue weighted by molar-refractivity contribution is 5.38. The molecule has 2 N–H and O–H groups in total. The van der Waals surface area contributed by atoms with E-state index in [2.05, 4.69) is 20.8 Å². The molecule has 0 heterocycles. The summed E-state index contributed by atoms with van der Waals surface area (Å²) in [6.07, 6.45) is 11.9. The molecule has 4 aliphatic rings. The van der Waals surface area contributed by atoms with Crippen LogP contribution in [0.25, 0.3) is 0 Å². The SMILES string of the molecule is CCC1CCCCC2C3CC4(C)C3(C)C(CN)C24CC1. The minimum Gasteiger partial charge on any atom is -0.330 e. The summed E-state index contributed by atoms with van der Waals surface area (Å²) in [4.78, 5) is 0. The second-order valence-electron chi connectivity index (χ2n) is 8.96. The third kappa shape index (κ3) is 1.12. The predicted molar refractivity (Wildman–Crippen MR) is 84.3 cm³/mol. The Morgan fingerprint density at radius 2 is 1.80 bits per heavy atom. The van der Waals surface area contributed by atoms with Crippen LogP contribution in [-0.4, -0.2) is 6.54 Å². The lowest BCUT2D eigenvalue weighted by Gasteiger charge is -2.75. The Morgan fingerprint density at radius 3 is 2.50 bits per heavy atom. The van der Waals surface area contributed by atoms with E-state index in [0.29, 0.717) is 16.2 Å². The second-order valence-corrected chi connectivity index (χ2v) is 8.96. The number of nitrogens with two attached hydrogens (primary N) is 1. The zero-order valence-electron chi connectivity index (χ0n) is 13.8. The van der Waals surface area contributed by atoms with Gasteiger partial charge in [0.1, 0.15) is 0 Å². The molecule has 0 saturated heterocycles. The van der Waals surface area contributed by atoms with E-state index in [1.54, 1.807) is 0 Å². The van der Waals surface area contributed by atoms with E-state index < -0.39 is 0 Å². The molecule has 114 valence electrons. The van der Waals surface area contributed by atoms with Gasteiger partial charge in [-0.25, -0.2) is 0 Å². The van der Waals surface area contributed by atoms with Gasteiger partial charge in [0, 0.05) is 0 Å². The molecule has 0 amide bonds. The molecule has 0 aliphatic heterocycles. The van der Waals surface area contributed by atoms with Crippen molar-refractivity contribution in [3.63, 3.8) is 0 Å². The molecule has 4 aliphatic carbocycles. The molecule has 4 saturated carbocycles. The third-order valence-corrected chi connectivity index (χ3v) is 9.26. The van der Waals surface area contributed by atoms with Crippen LogP contribution in [0.15, 0.2) is 0 Å². The Kier molecular flexibility index (Phi) is 2.74. The lowest BCUT2D eigenvalue weighted by molar-refractivity contribution is -0.277. The van der Waals surface area contributed by atoms with Crippen molar-refractivity contribution in [3.05, 3.63) is 0 Å². The summed E-state index contributed by atoms with van der Waals surface area (Å²) in [5.74, 6) is 3.90. The topological polar surface area (TPSA) is 26.0 Å². The highest BCUT2D eigenvalue weighted by Gasteiger charge is 2.91. The smallest absolute Gasteiger partial charge is 0.00377 e. The van der Waals surface area contributed by atoms with E-state index in [4.69, 9.17) is 5.73 Å². The van der Waals surface area contributed by atoms with E-state index in [1.165, 1.54) is 51.4 Å². The minimum absolute atomic E-state index is 0.618. The van der Waals surface area contributed by atoms with Crippen molar-refractivity contribution in [2.24, 2.45) is 45.7 Å². The number of fused-ring (bicyclic) bond motifs is 1. The first-order valence-electron chi connectivity index (χ1n) is 9.26. The van der Waals surface area contributed by atoms with Crippen LogP contribution in [0, 0.1) is 39.9 Å². The van der Waals surface area contributed by atoms with Gasteiger partial charge in [0.2, 0.25) is 0 Å². The van der Waals surface area contributed by atoms with E-state index >= 15 is 0 Å². The van der Waals surface area contributed by atoms with E-state index in [9.17, 15) is 0 Å². The molecule has 7 unspecified atom stereocenters. The maximum absolute atomic E-state index is 6.28. The van der Waals surface area contributed by atoms with Crippen LogP contribution in [0.3, 0.4) is 0 Å². The molecule has 20 heavy (non-hydrogen) atoms. The van der Waals surface area contributed by atoms with Crippen molar-refractivity contribution in [1.29, 1.82) is 0 Å². The fourth-order valence-electron chi connectivity index (χ4n) is 8.26. The summed E-state index contributed by atoms with van der Waals surface area (Å²) < 4.78 is 0. The summed E-state index contributed by atoms with van der Waals surface area (Å²) in [5, 5.41) is 0. The number of rotatable bonds is 2. The van der Waals surface area contributed by atoms with Gasteiger partial charge in [-0.1, -0.05) is 46.5 Å². The summed E-state index contributed by atoms with van der Waals surface area (Å²) >= 11 is 0. The quantitative estimate of drug-likeness (QED) is 0.783. The van der Waals surface area contributed by atoms with Gasteiger partial charge in [0.15, 0.2) is 0 Å². The average molecular weight is 275 g/mol. The predicted octanol–water partition coefficient (Wildman–Crippen LogP) is 4.60. The fourth-order valence-corrected chi connectivity index (χ4v) is 8.26. The molecule has 1 spiro atoms. The van der Waals surface area contributed by atoms with E-state index in [-0.39, 0.29) is 0 Å². The maximum atomic E-state index is 6.28. The Balaban J connectivity index is 1.69. The monoisotopic (exact) mass is 275 g/mol. The van der Waals surface area contributed by atoms with Crippen molar-refractivity contribution < 1.29 is 0 Å². The fraction of sp³-hybridized carbons (Fsp3) is 1.00. The number of hydrogen-bond acceptors (Lipinski definition) is 1. The lowest BCUT2D eigenvalue weighted by Crippen LogP contribution is -2.72. The Labute approximate surface area is 125 Å². The highest BCUT2D eigenvalue weighted by atomic mass is 15.0. The molecule has 0 radical (unpaired) electrons. The molecule has 0 aromatic heterocycles. The molecule has 1 nitrogen and oxygen atoms in total. The first-order valence-corrected chi connectivity index (χ1v) is 9.26. The first kappa shape index (κ1) is 13.6. The minimum atomic E-state index is 0.618. The van der Waals surface area contributed by atoms with Crippen molar-refractivity contribution in [1.82, 2.24) is 0 Å². The van der Waals surface area contributed by atoms with Gasteiger partial charge < -0.3 is 5.73 Å². The highest BCUT2D eigenvalue weighted by Crippen LogP contribution is 2.95. The lowest BCUT2D eigenvalue weighted by atomic mass is 9.29. The molecule has 0 aromatic carbocycles. The average Bonchev–Trinajstić information content (AvgIpc) is 2.90. The van der Waals surface area contributed by atoms with Crippen LogP contribution in [0.4, 0.5) is 0 Å². The van der Waals surface area contributed by atoms with Crippen LogP contribution in [-0.2, 0) is 0 Å². The summed E-state index contributed by atoms with van der Waals surface area (Å²) in [5.41, 5.74) is 8.20. The summed E-state index contributed by atoms with van der Waals surface area (Å²) in [6.45, 7) is 8.59. The van der Waals surface area contributed by atoms with Gasteiger partial charge in [-0.05, 0) is 72.1 Å². The summed E-state index contributed by atoms with van der Waals surface area (Å²) in [6, 6.07) is 0. The van der Waals surface area contributed by atoms with E-state index in [0.717, 1.165) is 30.2 Å². The number of hydrogen-bond donors (Lipinski definition) is 1. The molecular weight excluding hydrogens is 242 g/mol. The standard InChI is InChI=1S/C19H33N/c1-4-13-7-5-6-8-14-15-11-17(2)18(15,3)16(12-20)19(14,17)10-9-13/h13-16H,4-12,20H2,1-3H3. The van der Waals surface area contributed by atoms with Crippen molar-refractivity contribution in [2.45, 2.75) is 72.1 Å². The zero-order valence-corrected chi connectivity index (χ0v) is 13.8. The van der Waals surface area contributed by atoms with Crippen LogP contribution >= 0.6 is 0 Å². The van der Waals surface area contributed by atoms with Gasteiger partial charge >= 0.3 is 0 Å². The van der Waals surface area contributed by atoms with Crippen molar-refractivity contribution in [3.8, 4) is 0 Å². The largest absolute Gasteiger partial charge is 0.330 e. The molecule has 0 aromatic rings. The van der Waals surface area contributed by atoms with Crippen LogP contribution < -0.4 is 5.73 Å². The molecule has 4 fully saturated rings. The van der Waals surface area contributed by atoms with E-state index in [1.807, 2.05) is 0 Å². The van der Waals surface area contributed by atoms with Crippen LogP contribution in [0.1, 0.15) is 72.1 Å². The maximum Gasteiger partial charge on any atom is -0.00377 e. The van der Waals surface area contributed by atoms with Gasteiger partial charge in [0.05, 0.1) is 0 Å². The molecular formula is C19H33N. The first-order chi connectivity index (χ1) is 9.56. The zero-order chi connectivity index (χ0) is 14.2. The Morgan fingerprint density at radius 1 is 1.05 bits per heavy atom. The van der Waals surface area contributed by atoms with Crippen molar-refractivity contribution in [2.75, 3.05) is 6.54 Å². The van der Waals surface area contributed by atoms with Crippen LogP contribution in [0.5, 0.6) is 0 Å². The molecule has 7 atom stereocenters.